The van der Waals surface area contributed by atoms with Crippen molar-refractivity contribution in [3.8, 4) is 0 Å². The maximum Gasteiger partial charge on any atom is 0.264 e. The lowest BCUT2D eigenvalue weighted by Gasteiger charge is -2.12. The molecule has 160 valence electrons. The first kappa shape index (κ1) is 17.9. The number of fused-ring (bicyclic) bond motifs is 8. The van der Waals surface area contributed by atoms with E-state index in [9.17, 15) is 9.59 Å². The monoisotopic (exact) mass is 440 g/mol. The van der Waals surface area contributed by atoms with E-state index in [1.807, 2.05) is 62.4 Å². The Labute approximate surface area is 191 Å². The van der Waals surface area contributed by atoms with Gasteiger partial charge in [-0.3, -0.25) is 18.4 Å². The van der Waals surface area contributed by atoms with Crippen molar-refractivity contribution in [2.75, 3.05) is 0 Å². The van der Waals surface area contributed by atoms with Crippen molar-refractivity contribution in [1.82, 2.24) is 18.8 Å². The second-order valence-corrected chi connectivity index (χ2v) is 9.21. The Morgan fingerprint density at radius 2 is 0.971 bits per heavy atom. The van der Waals surface area contributed by atoms with Crippen LogP contribution in [0, 0.1) is 13.8 Å². The molecule has 0 aliphatic rings. The summed E-state index contributed by atoms with van der Waals surface area (Å²) in [5.41, 5.74) is 6.31. The normalized spacial score (nSPS) is 12.6. The van der Waals surface area contributed by atoms with Gasteiger partial charge in [-0.05, 0) is 73.5 Å². The summed E-state index contributed by atoms with van der Waals surface area (Å²) in [4.78, 5) is 37.1. The Morgan fingerprint density at radius 1 is 0.559 bits per heavy atom. The van der Waals surface area contributed by atoms with Crippen molar-refractivity contribution in [3.63, 3.8) is 0 Å². The van der Waals surface area contributed by atoms with Crippen LogP contribution in [0.4, 0.5) is 0 Å². The van der Waals surface area contributed by atoms with E-state index in [0.29, 0.717) is 22.1 Å². The van der Waals surface area contributed by atoms with Crippen molar-refractivity contribution in [3.05, 3.63) is 92.5 Å². The zero-order valence-electron chi connectivity index (χ0n) is 18.4. The van der Waals surface area contributed by atoms with Gasteiger partial charge in [0, 0.05) is 32.3 Å². The van der Waals surface area contributed by atoms with Crippen molar-refractivity contribution >= 4 is 65.7 Å². The van der Waals surface area contributed by atoms with Gasteiger partial charge < -0.3 is 0 Å². The molecular weight excluding hydrogens is 424 g/mol. The third-order valence-electron chi connectivity index (χ3n) is 7.13. The molecule has 0 N–H and O–H groups in total. The summed E-state index contributed by atoms with van der Waals surface area (Å²) in [6.07, 6.45) is 0. The molecule has 4 heterocycles. The minimum Gasteiger partial charge on any atom is -0.268 e. The molecule has 6 nitrogen and oxygen atoms in total. The van der Waals surface area contributed by atoms with E-state index in [-0.39, 0.29) is 11.1 Å². The van der Waals surface area contributed by atoms with Gasteiger partial charge in [-0.25, -0.2) is 9.97 Å². The average Bonchev–Trinajstić information content (AvgIpc) is 3.39. The van der Waals surface area contributed by atoms with E-state index in [1.165, 1.54) is 0 Å². The number of rotatable bonds is 0. The predicted molar refractivity (Wildman–Crippen MR) is 136 cm³/mol. The highest BCUT2D eigenvalue weighted by molar-refractivity contribution is 6.27. The number of hydrogen-bond donors (Lipinski definition) is 0. The van der Waals surface area contributed by atoms with Gasteiger partial charge in [0.25, 0.3) is 11.1 Å². The standard InChI is InChI=1S/C28H16N4O2/c1-13-3-9-21-19(11-13)29-25-15-5-6-16-24-18(8-7-17(23(15)24)27(33)31(21)25)28(34)32-22-10-4-14(2)12-20(22)30-26(16)32/h3-12H,1-2H3. The van der Waals surface area contributed by atoms with Crippen LogP contribution < -0.4 is 11.1 Å². The second-order valence-electron chi connectivity index (χ2n) is 9.21. The zero-order chi connectivity index (χ0) is 22.9. The van der Waals surface area contributed by atoms with E-state index < -0.39 is 0 Å². The first-order valence-corrected chi connectivity index (χ1v) is 11.2. The topological polar surface area (TPSA) is 68.7 Å². The first-order valence-electron chi connectivity index (χ1n) is 11.2. The molecule has 0 aliphatic heterocycles. The molecule has 0 saturated carbocycles. The quantitative estimate of drug-likeness (QED) is 0.313. The molecule has 0 amide bonds. The third kappa shape index (κ3) is 1.94. The van der Waals surface area contributed by atoms with E-state index in [1.54, 1.807) is 20.9 Å². The molecule has 6 heteroatoms. The first-order chi connectivity index (χ1) is 16.5. The van der Waals surface area contributed by atoms with Gasteiger partial charge in [-0.1, -0.05) is 12.1 Å². The SMILES string of the molecule is Cc1ccc2c(c1)nc1c3ccc4c5c(ccc(c(=O)n21)c35)c(=O)n1c2ccc(C)cc2nc41. The van der Waals surface area contributed by atoms with Crippen LogP contribution in [0.5, 0.6) is 0 Å². The second kappa shape index (κ2) is 5.66. The lowest BCUT2D eigenvalue weighted by Crippen LogP contribution is -2.16. The van der Waals surface area contributed by atoms with E-state index in [0.717, 1.165) is 54.7 Å². The minimum atomic E-state index is -0.125. The highest BCUT2D eigenvalue weighted by atomic mass is 16.1. The number of hydrogen-bond acceptors (Lipinski definition) is 4. The molecule has 0 spiro atoms. The third-order valence-corrected chi connectivity index (χ3v) is 7.13. The lowest BCUT2D eigenvalue weighted by molar-refractivity contribution is 1.18. The summed E-state index contributed by atoms with van der Waals surface area (Å²) in [6.45, 7) is 4.03. The number of imidazole rings is 2. The van der Waals surface area contributed by atoms with Crippen molar-refractivity contribution < 1.29 is 0 Å². The summed E-state index contributed by atoms with van der Waals surface area (Å²) in [5, 5.41) is 4.44. The molecular formula is C28H16N4O2. The summed E-state index contributed by atoms with van der Waals surface area (Å²) in [6, 6.07) is 19.4. The molecule has 0 saturated heterocycles. The molecule has 0 unspecified atom stereocenters. The van der Waals surface area contributed by atoms with Crippen LogP contribution >= 0.6 is 0 Å². The van der Waals surface area contributed by atoms with Crippen LogP contribution in [-0.4, -0.2) is 18.8 Å². The van der Waals surface area contributed by atoms with Crippen molar-refractivity contribution in [2.24, 2.45) is 0 Å². The lowest BCUT2D eigenvalue weighted by atomic mass is 9.96. The van der Waals surface area contributed by atoms with E-state index in [2.05, 4.69) is 0 Å². The van der Waals surface area contributed by atoms with Gasteiger partial charge >= 0.3 is 0 Å². The van der Waals surface area contributed by atoms with Crippen LogP contribution in [0.1, 0.15) is 11.1 Å². The Bertz CT molecular complexity index is 2130. The molecule has 0 radical (unpaired) electrons. The fourth-order valence-corrected chi connectivity index (χ4v) is 5.62. The Balaban J connectivity index is 1.69. The van der Waals surface area contributed by atoms with Gasteiger partial charge in [0.15, 0.2) is 0 Å². The summed E-state index contributed by atoms with van der Waals surface area (Å²) in [5.74, 6) is 0. The van der Waals surface area contributed by atoms with Gasteiger partial charge in [-0.2, -0.15) is 0 Å². The predicted octanol–water partition coefficient (Wildman–Crippen LogP) is 4.96. The van der Waals surface area contributed by atoms with Gasteiger partial charge in [0.05, 0.1) is 22.1 Å². The molecule has 4 aromatic carbocycles. The molecule has 8 rings (SSSR count). The highest BCUT2D eigenvalue weighted by Gasteiger charge is 2.22. The van der Waals surface area contributed by atoms with E-state index >= 15 is 0 Å². The van der Waals surface area contributed by atoms with Gasteiger partial charge in [0.1, 0.15) is 11.3 Å². The Hall–Kier alpha value is -4.58. The number of nitrogens with zero attached hydrogens (tertiary/aromatic N) is 4. The number of pyridine rings is 2. The minimum absolute atomic E-state index is 0.125. The molecule has 0 bridgehead atoms. The number of aryl methyl sites for hydroxylation is 2. The van der Waals surface area contributed by atoms with Crippen molar-refractivity contribution in [2.45, 2.75) is 13.8 Å². The van der Waals surface area contributed by atoms with Crippen LogP contribution in [0.3, 0.4) is 0 Å². The summed E-state index contributed by atoms with van der Waals surface area (Å²) < 4.78 is 3.38. The molecule has 4 aromatic heterocycles. The Morgan fingerprint density at radius 3 is 1.41 bits per heavy atom. The molecule has 8 aromatic rings. The molecule has 0 fully saturated rings. The van der Waals surface area contributed by atoms with Gasteiger partial charge in [0.2, 0.25) is 0 Å². The molecule has 0 atom stereocenters. The smallest absolute Gasteiger partial charge is 0.264 e. The summed E-state index contributed by atoms with van der Waals surface area (Å²) >= 11 is 0. The Kier molecular flexibility index (Phi) is 2.98. The number of benzene rings is 4. The molecule has 0 aliphatic carbocycles. The zero-order valence-corrected chi connectivity index (χ0v) is 18.4. The fourth-order valence-electron chi connectivity index (χ4n) is 5.62. The van der Waals surface area contributed by atoms with Crippen LogP contribution in [-0.2, 0) is 0 Å². The highest BCUT2D eigenvalue weighted by Crippen LogP contribution is 2.36. The molecule has 34 heavy (non-hydrogen) atoms. The van der Waals surface area contributed by atoms with Crippen LogP contribution in [0.2, 0.25) is 0 Å². The van der Waals surface area contributed by atoms with Crippen molar-refractivity contribution in [1.29, 1.82) is 0 Å². The maximum atomic E-state index is 13.7. The number of aromatic nitrogens is 4. The van der Waals surface area contributed by atoms with Crippen LogP contribution in [0.25, 0.3) is 65.7 Å². The van der Waals surface area contributed by atoms with E-state index in [4.69, 9.17) is 9.97 Å². The fraction of sp³-hybridized carbons (Fsp3) is 0.0714. The average molecular weight is 440 g/mol. The van der Waals surface area contributed by atoms with Gasteiger partial charge in [-0.15, -0.1) is 0 Å². The largest absolute Gasteiger partial charge is 0.268 e. The summed E-state index contributed by atoms with van der Waals surface area (Å²) in [7, 11) is 0. The van der Waals surface area contributed by atoms with Crippen LogP contribution in [0.15, 0.2) is 70.3 Å². The maximum absolute atomic E-state index is 13.7.